The number of rotatable bonds is 4. The van der Waals surface area contributed by atoms with E-state index in [1.165, 1.54) is 12.1 Å². The van der Waals surface area contributed by atoms with E-state index in [4.69, 9.17) is 0 Å². The van der Waals surface area contributed by atoms with Crippen molar-refractivity contribution in [1.29, 1.82) is 0 Å². The lowest BCUT2D eigenvalue weighted by atomic mass is 10.2. The molecule has 0 atom stereocenters. The molecule has 1 aromatic carbocycles. The van der Waals surface area contributed by atoms with E-state index in [2.05, 4.69) is 11.7 Å². The van der Waals surface area contributed by atoms with Crippen molar-refractivity contribution in [1.82, 2.24) is 0 Å². The van der Waals surface area contributed by atoms with Gasteiger partial charge in [-0.2, -0.15) is 17.6 Å². The standard InChI is InChI=1S/C10H8F5O/c1-7-2-4-8(5-3-7)16-10(14,15)9(12,13)6-11/h2-5H,1,6H2. The van der Waals surface area contributed by atoms with Gasteiger partial charge in [0, 0.05) is 0 Å². The molecular weight excluding hydrogens is 231 g/mol. The van der Waals surface area contributed by atoms with Crippen molar-refractivity contribution in [2.75, 3.05) is 6.67 Å². The van der Waals surface area contributed by atoms with Gasteiger partial charge in [-0.05, 0) is 24.6 Å². The molecule has 1 nitrogen and oxygen atoms in total. The summed E-state index contributed by atoms with van der Waals surface area (Å²) in [4.78, 5) is 0. The van der Waals surface area contributed by atoms with Gasteiger partial charge in [0.2, 0.25) is 0 Å². The lowest BCUT2D eigenvalue weighted by molar-refractivity contribution is -0.312. The number of ether oxygens (including phenoxy) is 1. The van der Waals surface area contributed by atoms with Crippen molar-refractivity contribution >= 4 is 0 Å². The Labute approximate surface area is 88.8 Å². The molecule has 6 heteroatoms. The Balaban J connectivity index is 2.84. The molecule has 0 aliphatic carbocycles. The molecule has 16 heavy (non-hydrogen) atoms. The molecule has 1 radical (unpaired) electrons. The van der Waals surface area contributed by atoms with Gasteiger partial charge in [-0.15, -0.1) is 0 Å². The van der Waals surface area contributed by atoms with E-state index in [9.17, 15) is 22.0 Å². The molecular formula is C10H8F5O. The second-order valence-corrected chi connectivity index (χ2v) is 3.10. The highest BCUT2D eigenvalue weighted by molar-refractivity contribution is 5.28. The summed E-state index contributed by atoms with van der Waals surface area (Å²) >= 11 is 0. The summed E-state index contributed by atoms with van der Waals surface area (Å²) in [6.07, 6.45) is -4.88. The second-order valence-electron chi connectivity index (χ2n) is 3.10. The van der Waals surface area contributed by atoms with Crippen LogP contribution in [-0.2, 0) is 0 Å². The van der Waals surface area contributed by atoms with E-state index in [1.807, 2.05) is 0 Å². The van der Waals surface area contributed by atoms with Crippen LogP contribution in [0, 0.1) is 6.92 Å². The largest absolute Gasteiger partial charge is 0.467 e. The highest BCUT2D eigenvalue weighted by Crippen LogP contribution is 2.36. The van der Waals surface area contributed by atoms with Gasteiger partial charge in [-0.25, -0.2) is 4.39 Å². The average Bonchev–Trinajstić information content (AvgIpc) is 2.21. The van der Waals surface area contributed by atoms with Crippen LogP contribution in [0.15, 0.2) is 24.3 Å². The number of halogens is 5. The summed E-state index contributed by atoms with van der Waals surface area (Å²) in [6.45, 7) is 0.979. The maximum Gasteiger partial charge on any atom is 0.467 e. The number of benzene rings is 1. The molecule has 0 amide bonds. The first-order valence-electron chi connectivity index (χ1n) is 4.21. The second kappa shape index (κ2) is 4.27. The summed E-state index contributed by atoms with van der Waals surface area (Å²) in [5.41, 5.74) is 0.507. The SMILES string of the molecule is [CH2]c1ccc(OC(F)(F)C(F)(F)CF)cc1. The van der Waals surface area contributed by atoms with Crippen LogP contribution < -0.4 is 4.74 Å². The minimum Gasteiger partial charge on any atom is -0.428 e. The third kappa shape index (κ3) is 2.62. The fourth-order valence-corrected chi connectivity index (χ4v) is 0.858. The van der Waals surface area contributed by atoms with Crippen LogP contribution in [0.2, 0.25) is 0 Å². The van der Waals surface area contributed by atoms with Crippen LogP contribution >= 0.6 is 0 Å². The van der Waals surface area contributed by atoms with Crippen molar-refractivity contribution in [3.63, 3.8) is 0 Å². The summed E-state index contributed by atoms with van der Waals surface area (Å²) in [7, 11) is 0. The van der Waals surface area contributed by atoms with E-state index in [-0.39, 0.29) is 0 Å². The smallest absolute Gasteiger partial charge is 0.428 e. The topological polar surface area (TPSA) is 9.23 Å². The quantitative estimate of drug-likeness (QED) is 0.731. The van der Waals surface area contributed by atoms with Gasteiger partial charge in [-0.1, -0.05) is 12.1 Å². The van der Waals surface area contributed by atoms with Gasteiger partial charge >= 0.3 is 12.0 Å². The Hall–Kier alpha value is -1.33. The van der Waals surface area contributed by atoms with Crippen molar-refractivity contribution in [2.45, 2.75) is 12.0 Å². The van der Waals surface area contributed by atoms with Crippen LogP contribution in [0.4, 0.5) is 22.0 Å². The Morgan fingerprint density at radius 2 is 1.56 bits per heavy atom. The zero-order chi connectivity index (χ0) is 12.4. The zero-order valence-corrected chi connectivity index (χ0v) is 8.02. The average molecular weight is 239 g/mol. The minimum atomic E-state index is -4.88. The lowest BCUT2D eigenvalue weighted by Crippen LogP contribution is -2.46. The summed E-state index contributed by atoms with van der Waals surface area (Å²) in [5.74, 6) is -5.33. The van der Waals surface area contributed by atoms with Crippen LogP contribution in [0.25, 0.3) is 0 Å². The summed E-state index contributed by atoms with van der Waals surface area (Å²) in [5, 5.41) is 0. The van der Waals surface area contributed by atoms with Gasteiger partial charge in [0.1, 0.15) is 5.75 Å². The fraction of sp³-hybridized carbons (Fsp3) is 0.300. The Morgan fingerprint density at radius 1 is 1.06 bits per heavy atom. The first-order valence-corrected chi connectivity index (χ1v) is 4.21. The van der Waals surface area contributed by atoms with E-state index in [1.54, 1.807) is 0 Å². The van der Waals surface area contributed by atoms with Crippen molar-refractivity contribution in [3.8, 4) is 5.75 Å². The van der Waals surface area contributed by atoms with Gasteiger partial charge in [0.15, 0.2) is 6.67 Å². The Kier molecular flexibility index (Phi) is 3.40. The number of alkyl halides is 5. The highest BCUT2D eigenvalue weighted by atomic mass is 19.3. The highest BCUT2D eigenvalue weighted by Gasteiger charge is 2.59. The molecule has 0 fully saturated rings. The molecule has 0 saturated heterocycles. The third-order valence-corrected chi connectivity index (χ3v) is 1.76. The molecule has 0 saturated carbocycles. The molecule has 0 aliphatic rings. The van der Waals surface area contributed by atoms with Gasteiger partial charge in [0.05, 0.1) is 0 Å². The summed E-state index contributed by atoms with van der Waals surface area (Å²) < 4.78 is 65.9. The normalized spacial score (nSPS) is 12.6. The fourth-order valence-electron chi connectivity index (χ4n) is 0.858. The molecule has 0 aromatic heterocycles. The predicted octanol–water partition coefficient (Wildman–Crippen LogP) is 3.45. The number of hydrogen-bond acceptors (Lipinski definition) is 1. The van der Waals surface area contributed by atoms with Gasteiger partial charge < -0.3 is 4.74 Å². The molecule has 89 valence electrons. The molecule has 0 N–H and O–H groups in total. The van der Waals surface area contributed by atoms with Crippen molar-refractivity contribution in [3.05, 3.63) is 36.8 Å². The minimum absolute atomic E-state index is 0.481. The Bertz CT molecular complexity index is 347. The van der Waals surface area contributed by atoms with Gasteiger partial charge in [0.25, 0.3) is 0 Å². The zero-order valence-electron chi connectivity index (χ0n) is 8.02. The molecule has 1 rings (SSSR count). The first kappa shape index (κ1) is 12.7. The number of hydrogen-bond donors (Lipinski definition) is 0. The molecule has 0 aliphatic heterocycles. The molecule has 0 bridgehead atoms. The van der Waals surface area contributed by atoms with Crippen LogP contribution in [0.5, 0.6) is 5.75 Å². The molecule has 1 aromatic rings. The molecule has 0 heterocycles. The van der Waals surface area contributed by atoms with Crippen molar-refractivity contribution in [2.24, 2.45) is 0 Å². The van der Waals surface area contributed by atoms with Crippen LogP contribution in [0.3, 0.4) is 0 Å². The third-order valence-electron chi connectivity index (χ3n) is 1.76. The van der Waals surface area contributed by atoms with E-state index >= 15 is 0 Å². The maximum absolute atomic E-state index is 12.8. The molecule has 0 unspecified atom stereocenters. The lowest BCUT2D eigenvalue weighted by Gasteiger charge is -2.24. The maximum atomic E-state index is 12.8. The predicted molar refractivity (Wildman–Crippen MR) is 47.4 cm³/mol. The monoisotopic (exact) mass is 239 g/mol. The van der Waals surface area contributed by atoms with Crippen LogP contribution in [0.1, 0.15) is 5.56 Å². The first-order chi connectivity index (χ1) is 7.28. The van der Waals surface area contributed by atoms with E-state index in [0.717, 1.165) is 12.1 Å². The van der Waals surface area contributed by atoms with Crippen LogP contribution in [-0.4, -0.2) is 18.7 Å². The van der Waals surface area contributed by atoms with Crippen molar-refractivity contribution < 1.29 is 26.7 Å². The Morgan fingerprint density at radius 3 is 2.00 bits per heavy atom. The molecule has 0 spiro atoms. The summed E-state index contributed by atoms with van der Waals surface area (Å²) in [6, 6.07) is 4.70. The van der Waals surface area contributed by atoms with E-state index in [0.29, 0.717) is 5.56 Å². The van der Waals surface area contributed by atoms with Gasteiger partial charge in [-0.3, -0.25) is 0 Å². The van der Waals surface area contributed by atoms with E-state index < -0.39 is 24.5 Å².